The highest BCUT2D eigenvalue weighted by molar-refractivity contribution is 6.30. The molecular formula is C22H13ClF5N3O2. The van der Waals surface area contributed by atoms with E-state index in [1.807, 2.05) is 0 Å². The molecule has 2 aromatic carbocycles. The molecule has 0 radical (unpaired) electrons. The van der Waals surface area contributed by atoms with Crippen LogP contribution in [0.2, 0.25) is 5.02 Å². The number of hydrogen-bond donors (Lipinski definition) is 1. The second-order valence-corrected chi connectivity index (χ2v) is 7.37. The molecule has 4 rings (SSSR count). The minimum atomic E-state index is -5.07. The molecule has 0 aliphatic heterocycles. The van der Waals surface area contributed by atoms with Crippen LogP contribution < -0.4 is 10.1 Å². The van der Waals surface area contributed by atoms with Gasteiger partial charge in [0.1, 0.15) is 11.5 Å². The van der Waals surface area contributed by atoms with E-state index in [9.17, 15) is 26.7 Å². The standard InChI is InChI=1S/C22H13ClF5N3O2/c23-14-4-1-12(2-5-14)9-19(32)30-21-20(31-11-15(24)6-8-18(31)29-21)13-3-7-17(16(25)10-13)33-22(26,27)28/h1-8,10-11H,9H2,(H,30,32). The van der Waals surface area contributed by atoms with Crippen LogP contribution in [0, 0.1) is 11.6 Å². The van der Waals surface area contributed by atoms with Gasteiger partial charge in [0, 0.05) is 16.8 Å². The molecule has 4 aromatic rings. The summed E-state index contributed by atoms with van der Waals surface area (Å²) in [6, 6.07) is 11.8. The number of pyridine rings is 1. The maximum absolute atomic E-state index is 14.3. The predicted molar refractivity (Wildman–Crippen MR) is 111 cm³/mol. The van der Waals surface area contributed by atoms with Gasteiger partial charge < -0.3 is 10.1 Å². The van der Waals surface area contributed by atoms with Gasteiger partial charge in [-0.15, -0.1) is 13.2 Å². The molecule has 0 aliphatic rings. The van der Waals surface area contributed by atoms with Gasteiger partial charge in [0.25, 0.3) is 0 Å². The molecule has 33 heavy (non-hydrogen) atoms. The molecule has 0 saturated carbocycles. The normalized spacial score (nSPS) is 11.6. The second-order valence-electron chi connectivity index (χ2n) is 6.93. The summed E-state index contributed by atoms with van der Waals surface area (Å²) in [5, 5.41) is 3.10. The molecule has 2 aromatic heterocycles. The number of halogens is 6. The molecule has 11 heteroatoms. The third-order valence-corrected chi connectivity index (χ3v) is 4.80. The van der Waals surface area contributed by atoms with Gasteiger partial charge in [0.2, 0.25) is 5.91 Å². The summed E-state index contributed by atoms with van der Waals surface area (Å²) in [5.41, 5.74) is 1.01. The smallest absolute Gasteiger partial charge is 0.403 e. The van der Waals surface area contributed by atoms with Gasteiger partial charge in [-0.2, -0.15) is 0 Å². The summed E-state index contributed by atoms with van der Waals surface area (Å²) in [6.07, 6.45) is -4.05. The molecule has 1 amide bonds. The summed E-state index contributed by atoms with van der Waals surface area (Å²) < 4.78 is 70.5. The maximum atomic E-state index is 14.3. The number of fused-ring (bicyclic) bond motifs is 1. The fourth-order valence-electron chi connectivity index (χ4n) is 3.20. The van der Waals surface area contributed by atoms with Crippen LogP contribution in [0.4, 0.5) is 27.8 Å². The van der Waals surface area contributed by atoms with E-state index in [4.69, 9.17) is 11.6 Å². The van der Waals surface area contributed by atoms with E-state index < -0.39 is 29.7 Å². The first-order valence-electron chi connectivity index (χ1n) is 9.36. The first-order valence-corrected chi connectivity index (χ1v) is 9.74. The largest absolute Gasteiger partial charge is 0.573 e. The maximum Gasteiger partial charge on any atom is 0.573 e. The Bertz CT molecular complexity index is 1340. The molecule has 2 heterocycles. The number of nitrogens with zero attached hydrogens (tertiary/aromatic N) is 2. The lowest BCUT2D eigenvalue weighted by Crippen LogP contribution is -2.18. The van der Waals surface area contributed by atoms with Crippen LogP contribution in [0.3, 0.4) is 0 Å². The number of anilines is 1. The van der Waals surface area contributed by atoms with Gasteiger partial charge in [-0.05, 0) is 48.0 Å². The molecule has 1 N–H and O–H groups in total. The number of carbonyl (C=O) groups is 1. The monoisotopic (exact) mass is 481 g/mol. The van der Waals surface area contributed by atoms with Crippen LogP contribution >= 0.6 is 11.6 Å². The first-order chi connectivity index (χ1) is 15.6. The van der Waals surface area contributed by atoms with Crippen molar-refractivity contribution in [3.63, 3.8) is 0 Å². The van der Waals surface area contributed by atoms with E-state index in [-0.39, 0.29) is 29.1 Å². The predicted octanol–water partition coefficient (Wildman–Crippen LogP) is 6.01. The van der Waals surface area contributed by atoms with Gasteiger partial charge in [-0.25, -0.2) is 13.8 Å². The Labute approximate surface area is 188 Å². The average Bonchev–Trinajstić information content (AvgIpc) is 3.07. The summed E-state index contributed by atoms with van der Waals surface area (Å²) in [5.74, 6) is -3.46. The number of benzene rings is 2. The number of ether oxygens (including phenoxy) is 1. The Morgan fingerprint density at radius 1 is 1.06 bits per heavy atom. The molecule has 0 bridgehead atoms. The third kappa shape index (κ3) is 5.23. The Hall–Kier alpha value is -3.66. The Morgan fingerprint density at radius 2 is 1.79 bits per heavy atom. The van der Waals surface area contributed by atoms with Crippen LogP contribution in [0.25, 0.3) is 16.9 Å². The molecule has 0 aliphatic carbocycles. The number of alkyl halides is 3. The summed E-state index contributed by atoms with van der Waals surface area (Å²) in [4.78, 5) is 16.8. The summed E-state index contributed by atoms with van der Waals surface area (Å²) in [7, 11) is 0. The summed E-state index contributed by atoms with van der Waals surface area (Å²) >= 11 is 5.84. The van der Waals surface area contributed by atoms with E-state index in [0.717, 1.165) is 30.5 Å². The molecule has 170 valence electrons. The molecule has 0 saturated heterocycles. The van der Waals surface area contributed by atoms with Crippen molar-refractivity contribution in [1.29, 1.82) is 0 Å². The van der Waals surface area contributed by atoms with Gasteiger partial charge in [-0.3, -0.25) is 9.20 Å². The van der Waals surface area contributed by atoms with Crippen molar-refractivity contribution < 1.29 is 31.5 Å². The van der Waals surface area contributed by atoms with Gasteiger partial charge in [0.05, 0.1) is 12.1 Å². The fourth-order valence-corrected chi connectivity index (χ4v) is 3.33. The van der Waals surface area contributed by atoms with E-state index in [0.29, 0.717) is 10.6 Å². The Balaban J connectivity index is 1.72. The fraction of sp³-hybridized carbons (Fsp3) is 0.0909. The second kappa shape index (κ2) is 8.70. The average molecular weight is 482 g/mol. The van der Waals surface area contributed by atoms with Crippen molar-refractivity contribution >= 4 is 29.0 Å². The van der Waals surface area contributed by atoms with E-state index in [1.165, 1.54) is 10.5 Å². The van der Waals surface area contributed by atoms with Crippen LogP contribution in [0.5, 0.6) is 5.75 Å². The van der Waals surface area contributed by atoms with Crippen LogP contribution in [-0.2, 0) is 11.2 Å². The molecule has 0 fully saturated rings. The highest BCUT2D eigenvalue weighted by atomic mass is 35.5. The third-order valence-electron chi connectivity index (χ3n) is 4.55. The number of aromatic nitrogens is 2. The molecular weight excluding hydrogens is 469 g/mol. The number of amides is 1. The topological polar surface area (TPSA) is 55.6 Å². The lowest BCUT2D eigenvalue weighted by Gasteiger charge is -2.12. The molecule has 5 nitrogen and oxygen atoms in total. The van der Waals surface area contributed by atoms with Gasteiger partial charge in [0.15, 0.2) is 17.4 Å². The Morgan fingerprint density at radius 3 is 2.45 bits per heavy atom. The number of carbonyl (C=O) groups excluding carboxylic acids is 1. The van der Waals surface area contributed by atoms with Crippen molar-refractivity contribution in [2.24, 2.45) is 0 Å². The van der Waals surface area contributed by atoms with Gasteiger partial charge in [-0.1, -0.05) is 23.7 Å². The minimum Gasteiger partial charge on any atom is -0.403 e. The lowest BCUT2D eigenvalue weighted by atomic mass is 10.1. The zero-order chi connectivity index (χ0) is 23.8. The summed E-state index contributed by atoms with van der Waals surface area (Å²) in [6.45, 7) is 0. The number of rotatable bonds is 5. The lowest BCUT2D eigenvalue weighted by molar-refractivity contribution is -0.275. The van der Waals surface area contributed by atoms with Crippen molar-refractivity contribution in [2.75, 3.05) is 5.32 Å². The van der Waals surface area contributed by atoms with Crippen molar-refractivity contribution in [3.8, 4) is 17.0 Å². The van der Waals surface area contributed by atoms with E-state index >= 15 is 0 Å². The number of hydrogen-bond acceptors (Lipinski definition) is 3. The quantitative estimate of drug-likeness (QED) is 0.355. The van der Waals surface area contributed by atoms with Crippen molar-refractivity contribution in [2.45, 2.75) is 12.8 Å². The Kier molecular flexibility index (Phi) is 5.94. The zero-order valence-corrected chi connectivity index (χ0v) is 17.2. The van der Waals surface area contributed by atoms with Crippen molar-refractivity contribution in [1.82, 2.24) is 9.38 Å². The highest BCUT2D eigenvalue weighted by Gasteiger charge is 2.32. The van der Waals surface area contributed by atoms with E-state index in [2.05, 4.69) is 15.0 Å². The van der Waals surface area contributed by atoms with Gasteiger partial charge >= 0.3 is 6.36 Å². The van der Waals surface area contributed by atoms with Crippen LogP contribution in [-0.4, -0.2) is 21.7 Å². The minimum absolute atomic E-state index is 0.0246. The number of nitrogens with one attached hydrogen (secondary N) is 1. The van der Waals surface area contributed by atoms with Crippen LogP contribution in [0.15, 0.2) is 60.8 Å². The zero-order valence-electron chi connectivity index (χ0n) is 16.5. The number of imidazole rings is 1. The highest BCUT2D eigenvalue weighted by Crippen LogP contribution is 2.34. The first kappa shape index (κ1) is 22.5. The molecule has 0 atom stereocenters. The van der Waals surface area contributed by atoms with E-state index in [1.54, 1.807) is 24.3 Å². The molecule has 0 unspecified atom stereocenters. The molecule has 0 spiro atoms. The van der Waals surface area contributed by atoms with Crippen molar-refractivity contribution in [3.05, 3.63) is 83.0 Å². The SMILES string of the molecule is O=C(Cc1ccc(Cl)cc1)Nc1nc2ccc(F)cn2c1-c1ccc(OC(F)(F)F)c(F)c1. The van der Waals surface area contributed by atoms with Crippen LogP contribution in [0.1, 0.15) is 5.56 Å².